The van der Waals surface area contributed by atoms with E-state index >= 15 is 0 Å². The van der Waals surface area contributed by atoms with Gasteiger partial charge in [0.2, 0.25) is 11.6 Å². The van der Waals surface area contributed by atoms with E-state index in [1.54, 1.807) is 24.3 Å². The van der Waals surface area contributed by atoms with Crippen molar-refractivity contribution in [1.29, 1.82) is 0 Å². The molecule has 0 amide bonds. The van der Waals surface area contributed by atoms with Gasteiger partial charge in [-0.3, -0.25) is 31.3 Å². The Kier molecular flexibility index (Phi) is 5.07. The fraction of sp³-hybridized carbons (Fsp3) is 0. The number of fused-ring (bicyclic) bond motifs is 3. The van der Waals surface area contributed by atoms with Crippen LogP contribution in [0.5, 0.6) is 0 Å². The van der Waals surface area contributed by atoms with Crippen LogP contribution in [0, 0.1) is 0 Å². The van der Waals surface area contributed by atoms with Gasteiger partial charge in [0.15, 0.2) is 11.6 Å². The first kappa shape index (κ1) is 21.0. The SMILES string of the molecule is O=c1[nH]c2ccccc2nc1NNc1nnc(NNc2nc3ccccc3[nH]c2=O)c2ccccc12. The Morgan fingerprint density at radius 2 is 0.889 bits per heavy atom. The molecule has 3 aromatic heterocycles. The first-order valence-electron chi connectivity index (χ1n) is 10.9. The highest BCUT2D eigenvalue weighted by Gasteiger charge is 2.11. The van der Waals surface area contributed by atoms with Crippen LogP contribution in [0.25, 0.3) is 32.8 Å². The van der Waals surface area contributed by atoms with Crippen LogP contribution in [-0.2, 0) is 0 Å². The van der Waals surface area contributed by atoms with Crippen molar-refractivity contribution in [2.45, 2.75) is 0 Å². The topological polar surface area (TPSA) is 165 Å². The maximum absolute atomic E-state index is 12.4. The van der Waals surface area contributed by atoms with Crippen LogP contribution in [0.1, 0.15) is 0 Å². The van der Waals surface area contributed by atoms with Crippen molar-refractivity contribution in [3.63, 3.8) is 0 Å². The summed E-state index contributed by atoms with van der Waals surface area (Å²) < 4.78 is 0. The number of anilines is 4. The van der Waals surface area contributed by atoms with E-state index in [0.717, 1.165) is 0 Å². The highest BCUT2D eigenvalue weighted by Crippen LogP contribution is 2.26. The van der Waals surface area contributed by atoms with Crippen LogP contribution >= 0.6 is 0 Å². The molecule has 6 N–H and O–H groups in total. The lowest BCUT2D eigenvalue weighted by Crippen LogP contribution is -2.22. The minimum atomic E-state index is -0.381. The number of rotatable bonds is 6. The van der Waals surface area contributed by atoms with Gasteiger partial charge in [-0.1, -0.05) is 48.5 Å². The standard InChI is InChI=1S/C24H18N10O2/c35-23-21(25-15-9-3-5-11-17(15)27-23)33-31-19-13-7-1-2-8-14(13)20(30-29-19)32-34-22-24(36)28-18-12-6-4-10-16(18)26-22/h1-12H,(H,25,33)(H,26,34)(H,27,35)(H,28,36)(H,29,31)(H,30,32). The normalized spacial score (nSPS) is 11.0. The quantitative estimate of drug-likeness (QED) is 0.196. The van der Waals surface area contributed by atoms with Gasteiger partial charge in [-0.15, -0.1) is 10.2 Å². The highest BCUT2D eigenvalue weighted by atomic mass is 16.1. The number of nitrogens with one attached hydrogen (secondary N) is 6. The predicted molar refractivity (Wildman–Crippen MR) is 139 cm³/mol. The largest absolute Gasteiger partial charge is 0.317 e. The van der Waals surface area contributed by atoms with Crippen LogP contribution in [-0.4, -0.2) is 30.1 Å². The van der Waals surface area contributed by atoms with E-state index < -0.39 is 0 Å². The number of hydrogen-bond donors (Lipinski definition) is 6. The number of nitrogens with zero attached hydrogens (tertiary/aromatic N) is 4. The third kappa shape index (κ3) is 3.88. The molecule has 6 rings (SSSR count). The number of benzene rings is 3. The Morgan fingerprint density at radius 3 is 1.36 bits per heavy atom. The summed E-state index contributed by atoms with van der Waals surface area (Å²) in [5.74, 6) is 0.939. The molecule has 0 unspecified atom stereocenters. The average molecular weight is 478 g/mol. The molecular formula is C24H18N10O2. The molecule has 0 saturated heterocycles. The summed E-state index contributed by atoms with van der Waals surface area (Å²) in [7, 11) is 0. The zero-order valence-corrected chi connectivity index (χ0v) is 18.5. The van der Waals surface area contributed by atoms with Gasteiger partial charge in [0.25, 0.3) is 11.1 Å². The van der Waals surface area contributed by atoms with E-state index in [-0.39, 0.29) is 22.8 Å². The molecule has 6 aromatic rings. The van der Waals surface area contributed by atoms with Gasteiger partial charge in [0.1, 0.15) is 0 Å². The van der Waals surface area contributed by atoms with Crippen LogP contribution in [0.2, 0.25) is 0 Å². The molecule has 3 heterocycles. The maximum atomic E-state index is 12.4. The van der Waals surface area contributed by atoms with Crippen molar-refractivity contribution in [3.05, 3.63) is 93.5 Å². The third-order valence-corrected chi connectivity index (χ3v) is 5.49. The molecule has 0 aliphatic rings. The lowest BCUT2D eigenvalue weighted by atomic mass is 10.2. The van der Waals surface area contributed by atoms with Crippen molar-refractivity contribution < 1.29 is 0 Å². The van der Waals surface area contributed by atoms with Gasteiger partial charge in [0.05, 0.1) is 22.1 Å². The molecule has 36 heavy (non-hydrogen) atoms. The van der Waals surface area contributed by atoms with Crippen molar-refractivity contribution in [3.8, 4) is 0 Å². The van der Waals surface area contributed by atoms with Crippen molar-refractivity contribution in [2.24, 2.45) is 0 Å². The molecule has 12 nitrogen and oxygen atoms in total. The number of H-pyrrole nitrogens is 2. The molecule has 0 aliphatic carbocycles. The van der Waals surface area contributed by atoms with Gasteiger partial charge >= 0.3 is 0 Å². The van der Waals surface area contributed by atoms with Crippen LogP contribution < -0.4 is 32.8 Å². The lowest BCUT2D eigenvalue weighted by molar-refractivity contribution is 1.04. The van der Waals surface area contributed by atoms with Crippen LogP contribution in [0.15, 0.2) is 82.4 Å². The molecule has 0 saturated carbocycles. The zero-order valence-electron chi connectivity index (χ0n) is 18.5. The fourth-order valence-electron chi connectivity index (χ4n) is 3.75. The monoisotopic (exact) mass is 478 g/mol. The number of aromatic nitrogens is 6. The van der Waals surface area contributed by atoms with E-state index in [1.807, 2.05) is 48.5 Å². The van der Waals surface area contributed by atoms with E-state index in [4.69, 9.17) is 0 Å². The summed E-state index contributed by atoms with van der Waals surface area (Å²) in [4.78, 5) is 39.1. The van der Waals surface area contributed by atoms with E-state index in [2.05, 4.69) is 51.8 Å². The summed E-state index contributed by atoms with van der Waals surface area (Å²) in [5, 5.41) is 9.87. The van der Waals surface area contributed by atoms with E-state index in [0.29, 0.717) is 44.5 Å². The van der Waals surface area contributed by atoms with Gasteiger partial charge in [0, 0.05) is 10.8 Å². The Labute approximate surface area is 201 Å². The summed E-state index contributed by atoms with van der Waals surface area (Å²) in [5.41, 5.74) is 13.3. The van der Waals surface area contributed by atoms with Gasteiger partial charge < -0.3 is 9.97 Å². The minimum absolute atomic E-state index is 0.0880. The molecule has 0 bridgehead atoms. The van der Waals surface area contributed by atoms with Crippen LogP contribution in [0.3, 0.4) is 0 Å². The number of para-hydroxylation sites is 4. The first-order chi connectivity index (χ1) is 17.7. The Balaban J connectivity index is 1.27. The second kappa shape index (κ2) is 8.68. The average Bonchev–Trinajstić information content (AvgIpc) is 2.91. The van der Waals surface area contributed by atoms with Gasteiger partial charge in [-0.25, -0.2) is 9.97 Å². The Bertz CT molecular complexity index is 1730. The fourth-order valence-corrected chi connectivity index (χ4v) is 3.75. The van der Waals surface area contributed by atoms with Gasteiger partial charge in [-0.05, 0) is 24.3 Å². The summed E-state index contributed by atoms with van der Waals surface area (Å²) in [6.45, 7) is 0. The number of aromatic amines is 2. The zero-order chi connectivity index (χ0) is 24.5. The van der Waals surface area contributed by atoms with E-state index in [1.165, 1.54) is 0 Å². The minimum Gasteiger partial charge on any atom is -0.317 e. The van der Waals surface area contributed by atoms with Crippen molar-refractivity contribution in [1.82, 2.24) is 30.1 Å². The molecule has 3 aromatic carbocycles. The molecule has 0 atom stereocenters. The summed E-state index contributed by atoms with van der Waals surface area (Å²) in [6, 6.07) is 21.9. The second-order valence-electron chi connectivity index (χ2n) is 7.81. The van der Waals surface area contributed by atoms with Gasteiger partial charge in [-0.2, -0.15) is 0 Å². The summed E-state index contributed by atoms with van der Waals surface area (Å²) >= 11 is 0. The molecule has 0 radical (unpaired) electrons. The lowest BCUT2D eigenvalue weighted by Gasteiger charge is -2.13. The Morgan fingerprint density at radius 1 is 0.500 bits per heavy atom. The third-order valence-electron chi connectivity index (χ3n) is 5.49. The number of hydrogen-bond acceptors (Lipinski definition) is 10. The summed E-state index contributed by atoms with van der Waals surface area (Å²) in [6.07, 6.45) is 0. The number of hydrazine groups is 2. The maximum Gasteiger partial charge on any atom is 0.292 e. The van der Waals surface area contributed by atoms with Crippen molar-refractivity contribution >= 4 is 56.1 Å². The molecule has 12 heteroatoms. The second-order valence-corrected chi connectivity index (χ2v) is 7.81. The molecule has 176 valence electrons. The first-order valence-corrected chi connectivity index (χ1v) is 10.9. The van der Waals surface area contributed by atoms with Crippen molar-refractivity contribution in [2.75, 3.05) is 21.7 Å². The molecule has 0 fully saturated rings. The smallest absolute Gasteiger partial charge is 0.292 e. The predicted octanol–water partition coefficient (Wildman–Crippen LogP) is 2.98. The van der Waals surface area contributed by atoms with E-state index in [9.17, 15) is 9.59 Å². The molecule has 0 aliphatic heterocycles. The highest BCUT2D eigenvalue weighted by molar-refractivity contribution is 5.98. The van der Waals surface area contributed by atoms with Crippen LogP contribution in [0.4, 0.5) is 23.3 Å². The Hall–Kier alpha value is -5.52. The molecular weight excluding hydrogens is 460 g/mol. The molecule has 0 spiro atoms.